The summed E-state index contributed by atoms with van der Waals surface area (Å²) < 4.78 is 2.32. The molecule has 5 rings (SSSR count). The van der Waals surface area contributed by atoms with Crippen LogP contribution in [0.5, 0.6) is 5.75 Å². The molecule has 0 saturated carbocycles. The number of rotatable bonds is 4. The van der Waals surface area contributed by atoms with E-state index in [1.165, 1.54) is 27.6 Å². The van der Waals surface area contributed by atoms with E-state index in [1.807, 2.05) is 18.2 Å². The van der Waals surface area contributed by atoms with Gasteiger partial charge in [-0.05, 0) is 28.8 Å². The standard InChI is InChI=1S/C27H21NO/c29-27-13-7-5-10-23(27)21-14-16-22(17-15-21)25-19-28(18-20-8-2-1-3-9-20)26-12-6-4-11-24(25)26/h1-17,19,29H,18H2. The molecule has 4 aromatic carbocycles. The Morgan fingerprint density at radius 3 is 1.97 bits per heavy atom. The highest BCUT2D eigenvalue weighted by Gasteiger charge is 2.11. The average Bonchev–Trinajstić information content (AvgIpc) is 3.14. The molecule has 0 spiro atoms. The second-order valence-corrected chi connectivity index (χ2v) is 7.27. The SMILES string of the molecule is Oc1ccccc1-c1ccc(-c2cn(Cc3ccccc3)c3ccccc23)cc1. The summed E-state index contributed by atoms with van der Waals surface area (Å²) in [6, 6.07) is 35.0. The number of para-hydroxylation sites is 2. The first-order valence-electron chi connectivity index (χ1n) is 9.80. The third-order valence-corrected chi connectivity index (χ3v) is 5.40. The maximum atomic E-state index is 10.1. The van der Waals surface area contributed by atoms with Gasteiger partial charge in [-0.1, -0.05) is 91.0 Å². The van der Waals surface area contributed by atoms with Crippen molar-refractivity contribution in [3.05, 3.63) is 115 Å². The molecular formula is C27H21NO. The Balaban J connectivity index is 1.56. The van der Waals surface area contributed by atoms with Gasteiger partial charge in [0.1, 0.15) is 5.75 Å². The molecule has 0 aliphatic rings. The highest BCUT2D eigenvalue weighted by Crippen LogP contribution is 2.34. The van der Waals surface area contributed by atoms with Crippen LogP contribution in [0.1, 0.15) is 5.56 Å². The fourth-order valence-electron chi connectivity index (χ4n) is 3.93. The molecule has 2 nitrogen and oxygen atoms in total. The van der Waals surface area contributed by atoms with Crippen molar-refractivity contribution in [1.82, 2.24) is 4.57 Å². The van der Waals surface area contributed by atoms with Gasteiger partial charge in [0.05, 0.1) is 0 Å². The van der Waals surface area contributed by atoms with Gasteiger partial charge in [0, 0.05) is 34.8 Å². The summed E-state index contributed by atoms with van der Waals surface area (Å²) in [6.07, 6.45) is 2.24. The van der Waals surface area contributed by atoms with Gasteiger partial charge < -0.3 is 9.67 Å². The third kappa shape index (κ3) is 3.30. The minimum atomic E-state index is 0.305. The molecule has 0 fully saturated rings. The zero-order valence-electron chi connectivity index (χ0n) is 16.0. The third-order valence-electron chi connectivity index (χ3n) is 5.40. The predicted octanol–water partition coefficient (Wildman–Crippen LogP) is 6.73. The van der Waals surface area contributed by atoms with Crippen LogP contribution in [0.4, 0.5) is 0 Å². The molecule has 0 amide bonds. The van der Waals surface area contributed by atoms with Gasteiger partial charge in [0.15, 0.2) is 0 Å². The number of aromatic hydroxyl groups is 1. The van der Waals surface area contributed by atoms with Crippen LogP contribution < -0.4 is 0 Å². The van der Waals surface area contributed by atoms with E-state index in [0.29, 0.717) is 5.75 Å². The molecule has 0 saturated heterocycles. The average molecular weight is 375 g/mol. The summed E-state index contributed by atoms with van der Waals surface area (Å²) in [6.45, 7) is 0.845. The van der Waals surface area contributed by atoms with Gasteiger partial charge >= 0.3 is 0 Å². The molecule has 0 aliphatic carbocycles. The number of aromatic nitrogens is 1. The lowest BCUT2D eigenvalue weighted by Gasteiger charge is -2.06. The maximum absolute atomic E-state index is 10.1. The number of fused-ring (bicyclic) bond motifs is 1. The van der Waals surface area contributed by atoms with E-state index in [2.05, 4.69) is 89.6 Å². The van der Waals surface area contributed by atoms with Gasteiger partial charge in [0.25, 0.3) is 0 Å². The van der Waals surface area contributed by atoms with E-state index in [9.17, 15) is 5.11 Å². The number of benzene rings is 4. The summed E-state index contributed by atoms with van der Waals surface area (Å²) in [5.74, 6) is 0.305. The van der Waals surface area contributed by atoms with Crippen LogP contribution in [-0.4, -0.2) is 9.67 Å². The van der Waals surface area contributed by atoms with Crippen molar-refractivity contribution in [2.24, 2.45) is 0 Å². The topological polar surface area (TPSA) is 25.2 Å². The van der Waals surface area contributed by atoms with E-state index in [4.69, 9.17) is 0 Å². The van der Waals surface area contributed by atoms with Gasteiger partial charge in [-0.2, -0.15) is 0 Å². The van der Waals surface area contributed by atoms with Crippen LogP contribution in [0, 0.1) is 0 Å². The van der Waals surface area contributed by atoms with Gasteiger partial charge in [-0.25, -0.2) is 0 Å². The molecule has 0 aliphatic heterocycles. The van der Waals surface area contributed by atoms with E-state index >= 15 is 0 Å². The molecule has 140 valence electrons. The van der Waals surface area contributed by atoms with Crippen molar-refractivity contribution < 1.29 is 5.11 Å². The highest BCUT2D eigenvalue weighted by atomic mass is 16.3. The van der Waals surface area contributed by atoms with Crippen LogP contribution in [0.25, 0.3) is 33.2 Å². The molecule has 29 heavy (non-hydrogen) atoms. The summed E-state index contributed by atoms with van der Waals surface area (Å²) in [5.41, 5.74) is 6.78. The Morgan fingerprint density at radius 1 is 0.586 bits per heavy atom. The molecule has 1 aromatic heterocycles. The molecule has 0 unspecified atom stereocenters. The number of phenols is 1. The Kier molecular flexibility index (Phi) is 4.38. The lowest BCUT2D eigenvalue weighted by atomic mass is 9.99. The molecule has 0 bridgehead atoms. The second kappa shape index (κ2) is 7.33. The minimum Gasteiger partial charge on any atom is -0.507 e. The second-order valence-electron chi connectivity index (χ2n) is 7.27. The quantitative estimate of drug-likeness (QED) is 0.370. The van der Waals surface area contributed by atoms with Crippen molar-refractivity contribution in [2.75, 3.05) is 0 Å². The van der Waals surface area contributed by atoms with Crippen molar-refractivity contribution in [1.29, 1.82) is 0 Å². The first-order valence-corrected chi connectivity index (χ1v) is 9.80. The van der Waals surface area contributed by atoms with Crippen LogP contribution in [-0.2, 0) is 6.54 Å². The predicted molar refractivity (Wildman–Crippen MR) is 120 cm³/mol. The van der Waals surface area contributed by atoms with Crippen LogP contribution in [0.3, 0.4) is 0 Å². The van der Waals surface area contributed by atoms with E-state index in [0.717, 1.165) is 17.7 Å². The maximum Gasteiger partial charge on any atom is 0.123 e. The molecule has 1 N–H and O–H groups in total. The van der Waals surface area contributed by atoms with E-state index < -0.39 is 0 Å². The normalized spacial score (nSPS) is 11.0. The zero-order chi connectivity index (χ0) is 19.6. The summed E-state index contributed by atoms with van der Waals surface area (Å²) >= 11 is 0. The summed E-state index contributed by atoms with van der Waals surface area (Å²) in [5, 5.41) is 11.4. The Hall–Kier alpha value is -3.78. The number of hydrogen-bond acceptors (Lipinski definition) is 1. The monoisotopic (exact) mass is 375 g/mol. The molecule has 2 heteroatoms. The van der Waals surface area contributed by atoms with Gasteiger partial charge in [0.2, 0.25) is 0 Å². The number of nitrogens with zero attached hydrogens (tertiary/aromatic N) is 1. The lowest BCUT2D eigenvalue weighted by molar-refractivity contribution is 0.477. The van der Waals surface area contributed by atoms with Crippen molar-refractivity contribution >= 4 is 10.9 Å². The van der Waals surface area contributed by atoms with Crippen LogP contribution >= 0.6 is 0 Å². The largest absolute Gasteiger partial charge is 0.507 e. The van der Waals surface area contributed by atoms with Crippen LogP contribution in [0.15, 0.2) is 109 Å². The fraction of sp³-hybridized carbons (Fsp3) is 0.0370. The number of hydrogen-bond donors (Lipinski definition) is 1. The Morgan fingerprint density at radius 2 is 1.21 bits per heavy atom. The summed E-state index contributed by atoms with van der Waals surface area (Å²) in [4.78, 5) is 0. The fourth-order valence-corrected chi connectivity index (χ4v) is 3.93. The van der Waals surface area contributed by atoms with Crippen LogP contribution in [0.2, 0.25) is 0 Å². The van der Waals surface area contributed by atoms with Gasteiger partial charge in [-0.15, -0.1) is 0 Å². The molecule has 0 radical (unpaired) electrons. The Labute approximate surface area is 170 Å². The van der Waals surface area contributed by atoms with Crippen molar-refractivity contribution in [3.63, 3.8) is 0 Å². The zero-order valence-corrected chi connectivity index (χ0v) is 16.0. The number of phenolic OH excluding ortho intramolecular Hbond substituents is 1. The molecular weight excluding hydrogens is 354 g/mol. The van der Waals surface area contributed by atoms with Crippen molar-refractivity contribution in [2.45, 2.75) is 6.54 Å². The summed E-state index contributed by atoms with van der Waals surface area (Å²) in [7, 11) is 0. The molecule has 0 atom stereocenters. The molecule has 5 aromatic rings. The molecule has 1 heterocycles. The minimum absolute atomic E-state index is 0.305. The smallest absolute Gasteiger partial charge is 0.123 e. The Bertz CT molecular complexity index is 1270. The first-order chi connectivity index (χ1) is 14.3. The van der Waals surface area contributed by atoms with Gasteiger partial charge in [-0.3, -0.25) is 0 Å². The van der Waals surface area contributed by atoms with E-state index in [1.54, 1.807) is 6.07 Å². The lowest BCUT2D eigenvalue weighted by Crippen LogP contribution is -1.97. The highest BCUT2D eigenvalue weighted by molar-refractivity contribution is 5.96. The van der Waals surface area contributed by atoms with E-state index in [-0.39, 0.29) is 0 Å². The van der Waals surface area contributed by atoms with Crippen molar-refractivity contribution in [3.8, 4) is 28.0 Å². The first kappa shape index (κ1) is 17.3.